The lowest BCUT2D eigenvalue weighted by molar-refractivity contribution is 0.387. The Hall–Kier alpha value is -2.08. The van der Waals surface area contributed by atoms with Crippen molar-refractivity contribution in [1.29, 1.82) is 0 Å². The second kappa shape index (κ2) is 5.61. The molecule has 5 nitrogen and oxygen atoms in total. The van der Waals surface area contributed by atoms with Crippen LogP contribution in [0.1, 0.15) is 30.6 Å². The van der Waals surface area contributed by atoms with Crippen molar-refractivity contribution in [3.63, 3.8) is 0 Å². The van der Waals surface area contributed by atoms with Gasteiger partial charge in [0.1, 0.15) is 0 Å². The highest BCUT2D eigenvalue weighted by atomic mass is 32.2. The van der Waals surface area contributed by atoms with E-state index in [-0.39, 0.29) is 0 Å². The monoisotopic (exact) mass is 312 g/mol. The van der Waals surface area contributed by atoms with Crippen LogP contribution in [0.25, 0.3) is 11.3 Å². The van der Waals surface area contributed by atoms with Crippen LogP contribution in [0, 0.1) is 6.92 Å². The molecule has 0 amide bonds. The van der Waals surface area contributed by atoms with Crippen LogP contribution in [0.15, 0.2) is 46.2 Å². The standard InChI is InChI=1S/C16H16N4OS/c1-11-18-15(21-19-11)10-22-16-17-9-14(20(16)13-7-8-13)12-5-3-2-4-6-12/h2-6,9,13H,7-8,10H2,1H3. The summed E-state index contributed by atoms with van der Waals surface area (Å²) in [4.78, 5) is 8.86. The number of thioether (sulfide) groups is 1. The van der Waals surface area contributed by atoms with Crippen LogP contribution >= 0.6 is 11.8 Å². The molecule has 112 valence electrons. The number of hydrogen-bond acceptors (Lipinski definition) is 5. The van der Waals surface area contributed by atoms with Gasteiger partial charge in [-0.2, -0.15) is 4.98 Å². The Morgan fingerprint density at radius 3 is 2.77 bits per heavy atom. The van der Waals surface area contributed by atoms with Gasteiger partial charge in [-0.25, -0.2) is 4.98 Å². The molecule has 0 spiro atoms. The third kappa shape index (κ3) is 2.66. The first-order valence-corrected chi connectivity index (χ1v) is 8.34. The molecule has 6 heteroatoms. The maximum atomic E-state index is 5.17. The predicted molar refractivity (Wildman–Crippen MR) is 84.5 cm³/mol. The third-order valence-corrected chi connectivity index (χ3v) is 4.59. The zero-order valence-corrected chi connectivity index (χ0v) is 13.1. The Morgan fingerprint density at radius 1 is 1.27 bits per heavy atom. The summed E-state index contributed by atoms with van der Waals surface area (Å²) in [7, 11) is 0. The van der Waals surface area contributed by atoms with Crippen LogP contribution < -0.4 is 0 Å². The number of aromatic nitrogens is 4. The lowest BCUT2D eigenvalue weighted by Gasteiger charge is -2.10. The van der Waals surface area contributed by atoms with Gasteiger partial charge in [0.05, 0.1) is 17.6 Å². The zero-order valence-electron chi connectivity index (χ0n) is 12.3. The van der Waals surface area contributed by atoms with Gasteiger partial charge in [0.2, 0.25) is 5.89 Å². The van der Waals surface area contributed by atoms with Crippen molar-refractivity contribution in [1.82, 2.24) is 19.7 Å². The molecule has 22 heavy (non-hydrogen) atoms. The van der Waals surface area contributed by atoms with E-state index in [2.05, 4.69) is 44.0 Å². The normalized spacial score (nSPS) is 14.4. The molecule has 2 heterocycles. The maximum absolute atomic E-state index is 5.17. The highest BCUT2D eigenvalue weighted by Gasteiger charge is 2.29. The first-order chi connectivity index (χ1) is 10.8. The van der Waals surface area contributed by atoms with Crippen molar-refractivity contribution in [2.45, 2.75) is 36.7 Å². The van der Waals surface area contributed by atoms with Crippen LogP contribution in [-0.2, 0) is 5.75 Å². The summed E-state index contributed by atoms with van der Waals surface area (Å²) in [6.07, 6.45) is 4.42. The molecule has 0 bridgehead atoms. The first kappa shape index (κ1) is 13.6. The molecule has 1 fully saturated rings. The van der Waals surface area contributed by atoms with E-state index in [0.717, 1.165) is 5.16 Å². The average molecular weight is 312 g/mol. The summed E-state index contributed by atoms with van der Waals surface area (Å²) in [6.45, 7) is 1.83. The van der Waals surface area contributed by atoms with Crippen molar-refractivity contribution in [2.75, 3.05) is 0 Å². The van der Waals surface area contributed by atoms with Crippen LogP contribution in [-0.4, -0.2) is 19.7 Å². The van der Waals surface area contributed by atoms with Crippen molar-refractivity contribution in [3.05, 3.63) is 48.2 Å². The highest BCUT2D eigenvalue weighted by Crippen LogP contribution is 2.42. The summed E-state index contributed by atoms with van der Waals surface area (Å²) in [6, 6.07) is 11.0. The predicted octanol–water partition coefficient (Wildman–Crippen LogP) is 3.87. The van der Waals surface area contributed by atoms with E-state index in [1.807, 2.05) is 19.2 Å². The fourth-order valence-corrected chi connectivity index (χ4v) is 3.37. The molecule has 0 radical (unpaired) electrons. The van der Waals surface area contributed by atoms with E-state index < -0.39 is 0 Å². The Balaban J connectivity index is 1.61. The minimum Gasteiger partial charge on any atom is -0.338 e. The van der Waals surface area contributed by atoms with E-state index in [1.54, 1.807) is 11.8 Å². The van der Waals surface area contributed by atoms with Crippen LogP contribution in [0.4, 0.5) is 0 Å². The fraction of sp³-hybridized carbons (Fsp3) is 0.312. The molecule has 4 rings (SSSR count). The minimum atomic E-state index is 0.574. The second-order valence-corrected chi connectivity index (χ2v) is 6.36. The summed E-state index contributed by atoms with van der Waals surface area (Å²) >= 11 is 1.65. The van der Waals surface area contributed by atoms with Crippen molar-refractivity contribution < 1.29 is 4.52 Å². The molecule has 0 N–H and O–H groups in total. The van der Waals surface area contributed by atoms with Crippen LogP contribution in [0.2, 0.25) is 0 Å². The summed E-state index contributed by atoms with van der Waals surface area (Å²) in [5.41, 5.74) is 2.40. The highest BCUT2D eigenvalue weighted by molar-refractivity contribution is 7.98. The smallest absolute Gasteiger partial charge is 0.237 e. The molecule has 0 saturated heterocycles. The number of aryl methyl sites for hydroxylation is 1. The van der Waals surface area contributed by atoms with Gasteiger partial charge in [-0.15, -0.1) is 0 Å². The molecule has 1 aliphatic carbocycles. The molecule has 1 aliphatic rings. The van der Waals surface area contributed by atoms with Gasteiger partial charge in [-0.3, -0.25) is 0 Å². The quantitative estimate of drug-likeness (QED) is 0.669. The summed E-state index contributed by atoms with van der Waals surface area (Å²) in [5.74, 6) is 1.97. The zero-order chi connectivity index (χ0) is 14.9. The van der Waals surface area contributed by atoms with E-state index in [9.17, 15) is 0 Å². The topological polar surface area (TPSA) is 56.7 Å². The molecular formula is C16H16N4OS. The maximum Gasteiger partial charge on any atom is 0.237 e. The first-order valence-electron chi connectivity index (χ1n) is 7.36. The van der Waals surface area contributed by atoms with E-state index in [1.165, 1.54) is 24.1 Å². The number of benzene rings is 1. The number of hydrogen-bond donors (Lipinski definition) is 0. The molecule has 0 aliphatic heterocycles. The number of rotatable bonds is 5. The van der Waals surface area contributed by atoms with E-state index in [4.69, 9.17) is 4.52 Å². The SMILES string of the molecule is Cc1noc(CSc2ncc(-c3ccccc3)n2C2CC2)n1. The minimum absolute atomic E-state index is 0.574. The molecule has 2 aromatic heterocycles. The second-order valence-electron chi connectivity index (χ2n) is 5.42. The molecular weight excluding hydrogens is 296 g/mol. The van der Waals surface area contributed by atoms with Gasteiger partial charge in [0.15, 0.2) is 11.0 Å². The van der Waals surface area contributed by atoms with Gasteiger partial charge >= 0.3 is 0 Å². The van der Waals surface area contributed by atoms with Gasteiger partial charge in [0, 0.05) is 6.04 Å². The Morgan fingerprint density at radius 2 is 2.09 bits per heavy atom. The molecule has 1 aromatic carbocycles. The Labute approximate surface area is 132 Å². The van der Waals surface area contributed by atoms with E-state index in [0.29, 0.717) is 23.5 Å². The largest absolute Gasteiger partial charge is 0.338 e. The van der Waals surface area contributed by atoms with Crippen molar-refractivity contribution in [3.8, 4) is 11.3 Å². The van der Waals surface area contributed by atoms with Gasteiger partial charge < -0.3 is 9.09 Å². The Bertz CT molecular complexity index is 777. The van der Waals surface area contributed by atoms with Crippen molar-refractivity contribution in [2.24, 2.45) is 0 Å². The van der Waals surface area contributed by atoms with Gasteiger partial charge in [0.25, 0.3) is 0 Å². The molecule has 1 saturated carbocycles. The average Bonchev–Trinajstić information content (AvgIpc) is 3.16. The number of imidazole rings is 1. The lowest BCUT2D eigenvalue weighted by Crippen LogP contribution is -1.99. The molecule has 3 aromatic rings. The summed E-state index contributed by atoms with van der Waals surface area (Å²) < 4.78 is 7.52. The number of nitrogens with zero attached hydrogens (tertiary/aromatic N) is 4. The van der Waals surface area contributed by atoms with Crippen molar-refractivity contribution >= 4 is 11.8 Å². The van der Waals surface area contributed by atoms with Gasteiger partial charge in [-0.1, -0.05) is 47.3 Å². The van der Waals surface area contributed by atoms with E-state index >= 15 is 0 Å². The molecule has 0 unspecified atom stereocenters. The third-order valence-electron chi connectivity index (χ3n) is 3.64. The van der Waals surface area contributed by atoms with Crippen LogP contribution in [0.3, 0.4) is 0 Å². The fourth-order valence-electron chi connectivity index (χ4n) is 2.48. The van der Waals surface area contributed by atoms with Gasteiger partial charge in [-0.05, 0) is 25.3 Å². The van der Waals surface area contributed by atoms with Crippen LogP contribution in [0.5, 0.6) is 0 Å². The Kier molecular flexibility index (Phi) is 3.46. The lowest BCUT2D eigenvalue weighted by atomic mass is 10.2. The summed E-state index contributed by atoms with van der Waals surface area (Å²) in [5, 5.41) is 4.85. The molecule has 0 atom stereocenters.